The summed E-state index contributed by atoms with van der Waals surface area (Å²) in [5.41, 5.74) is 5.84. The number of phenols is 1. The predicted molar refractivity (Wildman–Crippen MR) is 61.6 cm³/mol. The Morgan fingerprint density at radius 1 is 1.56 bits per heavy atom. The minimum Gasteiger partial charge on any atom is -0.504 e. The van der Waals surface area contributed by atoms with Crippen LogP contribution in [0.1, 0.15) is 12.8 Å². The van der Waals surface area contributed by atoms with Crippen LogP contribution < -0.4 is 15.8 Å². The molecule has 5 nitrogen and oxygen atoms in total. The standard InChI is InChI=1S/C11H16N2O3/c1-16-10-5-4-8(7-9(10)14)13-11(15)3-2-6-12/h4-5,7,14H,2-3,6,12H2,1H3,(H,13,15). The van der Waals surface area contributed by atoms with Gasteiger partial charge in [-0.25, -0.2) is 0 Å². The minimum absolute atomic E-state index is 0.000810. The minimum atomic E-state index is -0.116. The number of benzene rings is 1. The van der Waals surface area contributed by atoms with Crippen LogP contribution in [0.3, 0.4) is 0 Å². The molecule has 0 fully saturated rings. The second kappa shape index (κ2) is 5.97. The lowest BCUT2D eigenvalue weighted by Gasteiger charge is -2.07. The van der Waals surface area contributed by atoms with E-state index in [9.17, 15) is 9.90 Å². The molecule has 16 heavy (non-hydrogen) atoms. The summed E-state index contributed by atoms with van der Waals surface area (Å²) >= 11 is 0. The molecule has 0 heterocycles. The number of phenolic OH excluding ortho intramolecular Hbond substituents is 1. The Morgan fingerprint density at radius 2 is 2.31 bits per heavy atom. The fourth-order valence-electron chi connectivity index (χ4n) is 1.25. The molecule has 0 spiro atoms. The van der Waals surface area contributed by atoms with Gasteiger partial charge in [0, 0.05) is 18.2 Å². The van der Waals surface area contributed by atoms with Crippen LogP contribution in [0.5, 0.6) is 11.5 Å². The van der Waals surface area contributed by atoms with Gasteiger partial charge in [0.15, 0.2) is 11.5 Å². The van der Waals surface area contributed by atoms with Crippen molar-refractivity contribution in [2.24, 2.45) is 5.73 Å². The van der Waals surface area contributed by atoms with Gasteiger partial charge in [-0.15, -0.1) is 0 Å². The van der Waals surface area contributed by atoms with E-state index in [4.69, 9.17) is 10.5 Å². The molecule has 0 aliphatic carbocycles. The van der Waals surface area contributed by atoms with Gasteiger partial charge in [-0.05, 0) is 25.1 Å². The zero-order valence-electron chi connectivity index (χ0n) is 9.19. The molecule has 0 radical (unpaired) electrons. The maximum atomic E-state index is 11.4. The molecule has 0 aliphatic rings. The maximum absolute atomic E-state index is 11.4. The number of anilines is 1. The van der Waals surface area contributed by atoms with Crippen molar-refractivity contribution in [3.8, 4) is 11.5 Å². The summed E-state index contributed by atoms with van der Waals surface area (Å²) in [7, 11) is 1.47. The first-order chi connectivity index (χ1) is 7.67. The lowest BCUT2D eigenvalue weighted by atomic mass is 10.2. The first kappa shape index (κ1) is 12.3. The molecule has 0 unspecified atom stereocenters. The summed E-state index contributed by atoms with van der Waals surface area (Å²) < 4.78 is 4.89. The van der Waals surface area contributed by atoms with Crippen LogP contribution in [0.2, 0.25) is 0 Å². The first-order valence-electron chi connectivity index (χ1n) is 5.04. The summed E-state index contributed by atoms with van der Waals surface area (Å²) in [6.07, 6.45) is 1.03. The topological polar surface area (TPSA) is 84.6 Å². The molecule has 0 atom stereocenters. The maximum Gasteiger partial charge on any atom is 0.224 e. The van der Waals surface area contributed by atoms with Crippen molar-refractivity contribution >= 4 is 11.6 Å². The quantitative estimate of drug-likeness (QED) is 0.698. The van der Waals surface area contributed by atoms with Crippen molar-refractivity contribution in [1.82, 2.24) is 0 Å². The molecule has 1 aromatic rings. The zero-order chi connectivity index (χ0) is 12.0. The zero-order valence-corrected chi connectivity index (χ0v) is 9.19. The third kappa shape index (κ3) is 3.43. The van der Waals surface area contributed by atoms with E-state index >= 15 is 0 Å². The van der Waals surface area contributed by atoms with Gasteiger partial charge in [0.2, 0.25) is 5.91 Å². The SMILES string of the molecule is COc1ccc(NC(=O)CCCN)cc1O. The summed E-state index contributed by atoms with van der Waals surface area (Å²) in [5.74, 6) is 0.258. The molecule has 1 aromatic carbocycles. The number of nitrogens with one attached hydrogen (secondary N) is 1. The number of nitrogens with two attached hydrogens (primary N) is 1. The van der Waals surface area contributed by atoms with E-state index < -0.39 is 0 Å². The Balaban J connectivity index is 2.61. The van der Waals surface area contributed by atoms with E-state index in [0.29, 0.717) is 30.8 Å². The fraction of sp³-hybridized carbons (Fsp3) is 0.364. The van der Waals surface area contributed by atoms with Crippen molar-refractivity contribution in [3.05, 3.63) is 18.2 Å². The van der Waals surface area contributed by atoms with Crippen LogP contribution in [0, 0.1) is 0 Å². The molecule has 0 bridgehead atoms. The Morgan fingerprint density at radius 3 is 2.88 bits per heavy atom. The van der Waals surface area contributed by atoms with Gasteiger partial charge in [0.1, 0.15) is 0 Å². The third-order valence-electron chi connectivity index (χ3n) is 2.07. The number of amides is 1. The molecular formula is C11H16N2O3. The van der Waals surface area contributed by atoms with Crippen molar-refractivity contribution in [2.45, 2.75) is 12.8 Å². The van der Waals surface area contributed by atoms with Crippen LogP contribution >= 0.6 is 0 Å². The van der Waals surface area contributed by atoms with Crippen molar-refractivity contribution < 1.29 is 14.6 Å². The summed E-state index contributed by atoms with van der Waals surface area (Å²) in [4.78, 5) is 11.4. The number of carbonyl (C=O) groups is 1. The summed E-state index contributed by atoms with van der Waals surface area (Å²) in [6.45, 7) is 0.487. The van der Waals surface area contributed by atoms with Gasteiger partial charge in [-0.2, -0.15) is 0 Å². The van der Waals surface area contributed by atoms with Crippen LogP contribution in [0.15, 0.2) is 18.2 Å². The monoisotopic (exact) mass is 224 g/mol. The van der Waals surface area contributed by atoms with E-state index in [-0.39, 0.29) is 11.7 Å². The highest BCUT2D eigenvalue weighted by molar-refractivity contribution is 5.91. The molecule has 88 valence electrons. The van der Waals surface area contributed by atoms with Gasteiger partial charge < -0.3 is 20.9 Å². The molecule has 5 heteroatoms. The summed E-state index contributed by atoms with van der Waals surface area (Å²) in [6, 6.07) is 4.70. The van der Waals surface area contributed by atoms with Crippen LogP contribution in [-0.4, -0.2) is 24.7 Å². The molecule has 0 saturated carbocycles. The molecule has 0 aliphatic heterocycles. The second-order valence-corrected chi connectivity index (χ2v) is 3.33. The molecule has 4 N–H and O–H groups in total. The largest absolute Gasteiger partial charge is 0.504 e. The Labute approximate surface area is 94.2 Å². The number of ether oxygens (including phenoxy) is 1. The van der Waals surface area contributed by atoms with Crippen LogP contribution in [0.25, 0.3) is 0 Å². The van der Waals surface area contributed by atoms with Crippen molar-refractivity contribution in [1.29, 1.82) is 0 Å². The van der Waals surface area contributed by atoms with Gasteiger partial charge in [-0.3, -0.25) is 4.79 Å². The molecular weight excluding hydrogens is 208 g/mol. The number of methoxy groups -OCH3 is 1. The summed E-state index contributed by atoms with van der Waals surface area (Å²) in [5, 5.41) is 12.1. The van der Waals surface area contributed by atoms with Crippen molar-refractivity contribution in [3.63, 3.8) is 0 Å². The van der Waals surface area contributed by atoms with Crippen molar-refractivity contribution in [2.75, 3.05) is 19.0 Å². The Bertz CT molecular complexity index is 366. The second-order valence-electron chi connectivity index (χ2n) is 3.33. The van der Waals surface area contributed by atoms with Gasteiger partial charge in [0.05, 0.1) is 7.11 Å². The highest BCUT2D eigenvalue weighted by Gasteiger charge is 2.05. The average Bonchev–Trinajstić information content (AvgIpc) is 2.26. The lowest BCUT2D eigenvalue weighted by Crippen LogP contribution is -2.13. The van der Waals surface area contributed by atoms with Crippen LogP contribution in [0.4, 0.5) is 5.69 Å². The predicted octanol–water partition coefficient (Wildman–Crippen LogP) is 1.08. The van der Waals surface area contributed by atoms with Crippen LogP contribution in [-0.2, 0) is 4.79 Å². The number of aromatic hydroxyl groups is 1. The molecule has 0 saturated heterocycles. The van der Waals surface area contributed by atoms with E-state index in [1.54, 1.807) is 12.1 Å². The number of rotatable bonds is 5. The fourth-order valence-corrected chi connectivity index (χ4v) is 1.25. The Hall–Kier alpha value is -1.75. The molecule has 1 rings (SSSR count). The Kier molecular flexibility index (Phi) is 4.60. The molecule has 0 aromatic heterocycles. The highest BCUT2D eigenvalue weighted by atomic mass is 16.5. The van der Waals surface area contributed by atoms with E-state index in [0.717, 1.165) is 0 Å². The van der Waals surface area contributed by atoms with Gasteiger partial charge in [-0.1, -0.05) is 0 Å². The third-order valence-corrected chi connectivity index (χ3v) is 2.07. The number of carbonyl (C=O) groups excluding carboxylic acids is 1. The number of hydrogen-bond donors (Lipinski definition) is 3. The molecule has 1 amide bonds. The van der Waals surface area contributed by atoms with E-state index in [1.807, 2.05) is 0 Å². The van der Waals surface area contributed by atoms with Gasteiger partial charge in [0.25, 0.3) is 0 Å². The average molecular weight is 224 g/mol. The van der Waals surface area contributed by atoms with Gasteiger partial charge >= 0.3 is 0 Å². The highest BCUT2D eigenvalue weighted by Crippen LogP contribution is 2.28. The van der Waals surface area contributed by atoms with E-state index in [2.05, 4.69) is 5.32 Å². The lowest BCUT2D eigenvalue weighted by molar-refractivity contribution is -0.116. The van der Waals surface area contributed by atoms with E-state index in [1.165, 1.54) is 13.2 Å². The smallest absolute Gasteiger partial charge is 0.224 e. The first-order valence-corrected chi connectivity index (χ1v) is 5.04. The normalized spacial score (nSPS) is 9.88. The number of hydrogen-bond acceptors (Lipinski definition) is 4.